The minimum atomic E-state index is -0.155. The second kappa shape index (κ2) is 3.87. The van der Waals surface area contributed by atoms with Gasteiger partial charge >= 0.3 is 0 Å². The van der Waals surface area contributed by atoms with Crippen LogP contribution in [0, 0.1) is 0 Å². The van der Waals surface area contributed by atoms with Crippen molar-refractivity contribution in [3.63, 3.8) is 0 Å². The smallest absolute Gasteiger partial charge is 0.212 e. The number of hydrogen-bond donors (Lipinski definition) is 1. The van der Waals surface area contributed by atoms with Crippen molar-refractivity contribution in [1.82, 2.24) is 9.97 Å². The molecule has 0 unspecified atom stereocenters. The van der Waals surface area contributed by atoms with Crippen molar-refractivity contribution in [2.45, 2.75) is 0 Å². The molecular weight excluding hydrogens is 182 g/mol. The molecule has 0 saturated heterocycles. The molecule has 64 valence electrons. The van der Waals surface area contributed by atoms with Gasteiger partial charge in [0.25, 0.3) is 0 Å². The third-order valence-corrected chi connectivity index (χ3v) is 1.38. The monoisotopic (exact) mass is 187 g/mol. The van der Waals surface area contributed by atoms with Gasteiger partial charge in [0.05, 0.1) is 19.5 Å². The molecule has 0 aliphatic rings. The summed E-state index contributed by atoms with van der Waals surface area (Å²) in [5.74, 6) is 0.668. The van der Waals surface area contributed by atoms with E-state index in [0.717, 1.165) is 0 Å². The molecule has 0 amide bonds. The molecule has 5 nitrogen and oxygen atoms in total. The highest BCUT2D eigenvalue weighted by atomic mass is 35.5. The molecule has 0 saturated carbocycles. The lowest BCUT2D eigenvalue weighted by Gasteiger charge is -1.97. The lowest BCUT2D eigenvalue weighted by atomic mass is 10.5. The minimum Gasteiger partial charge on any atom is -0.494 e. The van der Waals surface area contributed by atoms with Crippen molar-refractivity contribution in [3.8, 4) is 5.75 Å². The number of rotatable bonds is 2. The van der Waals surface area contributed by atoms with Crippen molar-refractivity contribution in [3.05, 3.63) is 18.2 Å². The number of nitrogens with zero attached hydrogens (tertiary/aromatic N) is 3. The Balaban J connectivity index is 2.92. The number of oxime groups is 1. The predicted molar refractivity (Wildman–Crippen MR) is 42.8 cm³/mol. The van der Waals surface area contributed by atoms with E-state index in [4.69, 9.17) is 21.5 Å². The van der Waals surface area contributed by atoms with E-state index in [1.54, 1.807) is 0 Å². The Labute approximate surface area is 73.7 Å². The summed E-state index contributed by atoms with van der Waals surface area (Å²) in [6, 6.07) is 0. The fraction of sp³-hybridized carbons (Fsp3) is 0.167. The summed E-state index contributed by atoms with van der Waals surface area (Å²) in [7, 11) is 1.50. The highest BCUT2D eigenvalue weighted by Gasteiger charge is 2.03. The fourth-order valence-electron chi connectivity index (χ4n) is 0.573. The molecular formula is C6H6ClN3O2. The van der Waals surface area contributed by atoms with Crippen molar-refractivity contribution in [1.29, 1.82) is 0 Å². The third-order valence-electron chi connectivity index (χ3n) is 1.14. The largest absolute Gasteiger partial charge is 0.494 e. The molecule has 0 spiro atoms. The van der Waals surface area contributed by atoms with Crippen molar-refractivity contribution < 1.29 is 9.94 Å². The zero-order valence-electron chi connectivity index (χ0n) is 6.23. The van der Waals surface area contributed by atoms with Gasteiger partial charge in [0.2, 0.25) is 5.17 Å². The second-order valence-corrected chi connectivity index (χ2v) is 2.20. The maximum atomic E-state index is 8.26. The predicted octanol–water partition coefficient (Wildman–Crippen LogP) is 0.860. The Hall–Kier alpha value is -1.36. The molecule has 0 atom stereocenters. The van der Waals surface area contributed by atoms with Gasteiger partial charge in [-0.15, -0.1) is 0 Å². The number of ether oxygens (including phenoxy) is 1. The van der Waals surface area contributed by atoms with Crippen LogP contribution in [0.1, 0.15) is 5.82 Å². The number of halogens is 1. The Bertz CT molecular complexity index is 285. The minimum absolute atomic E-state index is 0.153. The lowest BCUT2D eigenvalue weighted by Crippen LogP contribution is -1.99. The maximum absolute atomic E-state index is 8.26. The molecule has 1 aromatic rings. The average Bonchev–Trinajstić information content (AvgIpc) is 2.17. The highest BCUT2D eigenvalue weighted by molar-refractivity contribution is 6.68. The molecule has 1 aromatic heterocycles. The maximum Gasteiger partial charge on any atom is 0.212 e. The van der Waals surface area contributed by atoms with E-state index in [-0.39, 0.29) is 11.0 Å². The summed E-state index contributed by atoms with van der Waals surface area (Å²) >= 11 is 5.42. The SMILES string of the molecule is COc1cnc(C(Cl)=NO)nc1. The van der Waals surface area contributed by atoms with Crippen LogP contribution in [0.3, 0.4) is 0 Å². The Morgan fingerprint density at radius 1 is 1.58 bits per heavy atom. The van der Waals surface area contributed by atoms with Crippen LogP contribution < -0.4 is 4.74 Å². The summed E-state index contributed by atoms with van der Waals surface area (Å²) in [4.78, 5) is 7.52. The van der Waals surface area contributed by atoms with Crippen LogP contribution in [0.4, 0.5) is 0 Å². The van der Waals surface area contributed by atoms with Gasteiger partial charge in [0.1, 0.15) is 0 Å². The quantitative estimate of drug-likeness (QED) is 0.424. The Morgan fingerprint density at radius 3 is 2.58 bits per heavy atom. The summed E-state index contributed by atoms with van der Waals surface area (Å²) in [6.45, 7) is 0. The van der Waals surface area contributed by atoms with Crippen LogP contribution in [0.15, 0.2) is 17.5 Å². The molecule has 0 aliphatic carbocycles. The summed E-state index contributed by atoms with van der Waals surface area (Å²) in [5, 5.41) is 10.8. The van der Waals surface area contributed by atoms with Gasteiger partial charge in [-0.25, -0.2) is 9.97 Å². The van der Waals surface area contributed by atoms with Crippen molar-refractivity contribution in [2.75, 3.05) is 7.11 Å². The lowest BCUT2D eigenvalue weighted by molar-refractivity contribution is 0.320. The van der Waals surface area contributed by atoms with Gasteiger partial charge in [-0.05, 0) is 0 Å². The van der Waals surface area contributed by atoms with Crippen molar-refractivity contribution >= 4 is 16.8 Å². The molecule has 0 bridgehead atoms. The van der Waals surface area contributed by atoms with Gasteiger partial charge < -0.3 is 9.94 Å². The molecule has 6 heteroatoms. The first-order valence-corrected chi connectivity index (χ1v) is 3.39. The van der Waals surface area contributed by atoms with E-state index in [1.807, 2.05) is 0 Å². The summed E-state index contributed by atoms with van der Waals surface area (Å²) in [5.41, 5.74) is 0. The van der Waals surface area contributed by atoms with Crippen LogP contribution in [0.5, 0.6) is 5.75 Å². The van der Waals surface area contributed by atoms with Crippen LogP contribution >= 0.6 is 11.6 Å². The number of aromatic nitrogens is 2. The van der Waals surface area contributed by atoms with Crippen LogP contribution in [0.2, 0.25) is 0 Å². The number of methoxy groups -OCH3 is 1. The van der Waals surface area contributed by atoms with E-state index in [2.05, 4.69) is 15.1 Å². The van der Waals surface area contributed by atoms with Gasteiger partial charge in [-0.3, -0.25) is 0 Å². The summed E-state index contributed by atoms with van der Waals surface area (Å²) < 4.78 is 4.81. The zero-order chi connectivity index (χ0) is 8.97. The summed E-state index contributed by atoms with van der Waals surface area (Å²) in [6.07, 6.45) is 2.85. The first-order valence-electron chi connectivity index (χ1n) is 3.02. The third kappa shape index (κ3) is 1.82. The molecule has 1 rings (SSSR count). The van der Waals surface area contributed by atoms with Gasteiger partial charge in [0.15, 0.2) is 11.6 Å². The van der Waals surface area contributed by atoms with Crippen LogP contribution in [-0.2, 0) is 0 Å². The van der Waals surface area contributed by atoms with E-state index in [0.29, 0.717) is 5.75 Å². The average molecular weight is 188 g/mol. The van der Waals surface area contributed by atoms with Crippen molar-refractivity contribution in [2.24, 2.45) is 5.16 Å². The molecule has 0 radical (unpaired) electrons. The molecule has 1 heterocycles. The topological polar surface area (TPSA) is 67.6 Å². The Morgan fingerprint density at radius 2 is 2.17 bits per heavy atom. The zero-order valence-corrected chi connectivity index (χ0v) is 6.99. The van der Waals surface area contributed by atoms with Crippen LogP contribution in [0.25, 0.3) is 0 Å². The fourth-order valence-corrected chi connectivity index (χ4v) is 0.670. The number of hydrogen-bond acceptors (Lipinski definition) is 5. The van der Waals surface area contributed by atoms with Gasteiger partial charge in [0, 0.05) is 0 Å². The second-order valence-electron chi connectivity index (χ2n) is 1.84. The highest BCUT2D eigenvalue weighted by Crippen LogP contribution is 2.05. The first kappa shape index (κ1) is 8.73. The first-order chi connectivity index (χ1) is 5.77. The van der Waals surface area contributed by atoms with E-state index >= 15 is 0 Å². The molecule has 0 fully saturated rings. The van der Waals surface area contributed by atoms with E-state index in [9.17, 15) is 0 Å². The van der Waals surface area contributed by atoms with Gasteiger partial charge in [-0.2, -0.15) is 0 Å². The standard InChI is InChI=1S/C6H6ClN3O2/c1-12-4-2-8-6(9-3-4)5(7)10-11/h2-3,11H,1H3. The molecule has 1 N–H and O–H groups in total. The van der Waals surface area contributed by atoms with E-state index in [1.165, 1.54) is 19.5 Å². The molecule has 0 aromatic carbocycles. The van der Waals surface area contributed by atoms with Crippen LogP contribution in [-0.4, -0.2) is 27.5 Å². The van der Waals surface area contributed by atoms with E-state index < -0.39 is 0 Å². The van der Waals surface area contributed by atoms with Gasteiger partial charge in [-0.1, -0.05) is 16.8 Å². The Kier molecular flexibility index (Phi) is 2.82. The molecule has 12 heavy (non-hydrogen) atoms. The normalized spacial score (nSPS) is 11.3. The molecule has 0 aliphatic heterocycles.